The number of halogens is 1. The molecule has 1 spiro atoms. The molecule has 3 aliphatic heterocycles. The number of hydrogen-bond acceptors (Lipinski definition) is 9. The third-order valence-electron chi connectivity index (χ3n) is 12.7. The molecule has 2 amide bonds. The van der Waals surface area contributed by atoms with Crippen molar-refractivity contribution in [2.24, 2.45) is 35.1 Å². The molecular weight excluding hydrogens is 730 g/mol. The predicted octanol–water partition coefficient (Wildman–Crippen LogP) is 5.99. The van der Waals surface area contributed by atoms with Gasteiger partial charge in [0.2, 0.25) is 5.88 Å². The second-order valence-corrected chi connectivity index (χ2v) is 18.5. The fourth-order valence-corrected chi connectivity index (χ4v) is 11.4. The fourth-order valence-electron chi connectivity index (χ4n) is 9.68. The summed E-state index contributed by atoms with van der Waals surface area (Å²) in [5, 5.41) is 4.91. The van der Waals surface area contributed by atoms with Gasteiger partial charge in [-0.3, -0.25) is 19.0 Å². The first-order valence-corrected chi connectivity index (χ1v) is 21.2. The van der Waals surface area contributed by atoms with Crippen molar-refractivity contribution in [1.29, 1.82) is 0 Å². The molecule has 1 saturated carbocycles. The van der Waals surface area contributed by atoms with Crippen LogP contribution in [-0.2, 0) is 38.3 Å². The molecule has 2 aromatic carbocycles. The number of rotatable bonds is 4. The van der Waals surface area contributed by atoms with Gasteiger partial charge in [0.25, 0.3) is 11.8 Å². The van der Waals surface area contributed by atoms with Gasteiger partial charge in [0.05, 0.1) is 37.4 Å². The molecule has 1 aromatic heterocycles. The first-order chi connectivity index (χ1) is 26.0. The standard InChI is InChI=1S/C40H50ClN5O7S/c1-24-21-52-34-13-15-54(49,44-38(48)31-20-45(2)42-39(31)51-4)43-37(47)26-8-12-35-33(17-26)46(19-27-7-10-29(27)36(50-3)18-30(24)34)22-40(23-53-35)14-5-6-25-16-28(41)9-11-32(25)40/h8-9,11-12,16-17,20,24,27,29-30,34,36H,5-7,10,13-15,18-19,21-23H2,1-4H3,(H,43,44,47,48,49)/t24-,27-,29+,30-,34+,36-,40-,54-/m0/s1. The van der Waals surface area contributed by atoms with E-state index in [1.54, 1.807) is 13.1 Å². The molecule has 1 saturated heterocycles. The lowest BCUT2D eigenvalue weighted by atomic mass is 9.67. The first kappa shape index (κ1) is 37.3. The Bertz CT molecular complexity index is 2060. The molecule has 3 aromatic rings. The van der Waals surface area contributed by atoms with Gasteiger partial charge in [-0.2, -0.15) is 0 Å². The molecule has 4 heterocycles. The molecule has 12 nitrogen and oxygen atoms in total. The zero-order valence-electron chi connectivity index (χ0n) is 31.4. The molecule has 2 aliphatic carbocycles. The van der Waals surface area contributed by atoms with E-state index in [9.17, 15) is 13.8 Å². The van der Waals surface area contributed by atoms with Gasteiger partial charge in [0.15, 0.2) is 0 Å². The van der Waals surface area contributed by atoms with Crippen molar-refractivity contribution in [3.63, 3.8) is 0 Å². The van der Waals surface area contributed by atoms with Crippen LogP contribution < -0.4 is 19.1 Å². The predicted molar refractivity (Wildman–Crippen MR) is 206 cm³/mol. The average Bonchev–Trinajstić information content (AvgIpc) is 3.66. The van der Waals surface area contributed by atoms with Crippen LogP contribution in [0.5, 0.6) is 11.6 Å². The summed E-state index contributed by atoms with van der Waals surface area (Å²) in [7, 11) is 1.24. The number of methoxy groups -OCH3 is 2. The van der Waals surface area contributed by atoms with Gasteiger partial charge in [-0.25, -0.2) is 4.21 Å². The number of nitrogens with one attached hydrogen (secondary N) is 1. The van der Waals surface area contributed by atoms with Crippen LogP contribution in [0.3, 0.4) is 0 Å². The van der Waals surface area contributed by atoms with Crippen molar-refractivity contribution in [2.75, 3.05) is 51.2 Å². The van der Waals surface area contributed by atoms with Crippen molar-refractivity contribution in [3.8, 4) is 11.6 Å². The number of aryl methyl sites for hydroxylation is 2. The van der Waals surface area contributed by atoms with Crippen molar-refractivity contribution < 1.29 is 32.7 Å². The van der Waals surface area contributed by atoms with Gasteiger partial charge in [-0.15, -0.1) is 9.46 Å². The van der Waals surface area contributed by atoms with E-state index in [-0.39, 0.29) is 52.2 Å². The summed E-state index contributed by atoms with van der Waals surface area (Å²) in [6, 6.07) is 11.6. The summed E-state index contributed by atoms with van der Waals surface area (Å²) in [4.78, 5) is 30.2. The van der Waals surface area contributed by atoms with Gasteiger partial charge in [-0.05, 0) is 110 Å². The van der Waals surface area contributed by atoms with Gasteiger partial charge in [0.1, 0.15) is 21.2 Å². The lowest BCUT2D eigenvalue weighted by molar-refractivity contribution is -0.0382. The minimum absolute atomic E-state index is 0.0298. The van der Waals surface area contributed by atoms with Crippen LogP contribution in [0, 0.1) is 23.7 Å². The number of carbonyl (C=O) groups is 2. The largest absolute Gasteiger partial charge is 0.490 e. The van der Waals surface area contributed by atoms with E-state index in [0.717, 1.165) is 55.8 Å². The number of anilines is 1. The molecule has 2 bridgehead atoms. The highest BCUT2D eigenvalue weighted by Crippen LogP contribution is 2.48. The van der Waals surface area contributed by atoms with Crippen LogP contribution in [0.4, 0.5) is 5.69 Å². The van der Waals surface area contributed by atoms with Gasteiger partial charge in [-0.1, -0.05) is 24.6 Å². The Morgan fingerprint density at radius 1 is 1.13 bits per heavy atom. The lowest BCUT2D eigenvalue weighted by Crippen LogP contribution is -2.50. The van der Waals surface area contributed by atoms with E-state index in [4.69, 9.17) is 30.5 Å². The number of ether oxygens (including phenoxy) is 4. The molecule has 2 fully saturated rings. The third-order valence-corrected chi connectivity index (χ3v) is 14.7. The zero-order chi connectivity index (χ0) is 37.8. The van der Waals surface area contributed by atoms with Crippen LogP contribution in [0.15, 0.2) is 47.0 Å². The molecule has 1 N–H and O–H groups in total. The van der Waals surface area contributed by atoms with E-state index in [1.165, 1.54) is 29.1 Å². The first-order valence-electron chi connectivity index (χ1n) is 19.1. The van der Waals surface area contributed by atoms with Gasteiger partial charge >= 0.3 is 0 Å². The van der Waals surface area contributed by atoms with Crippen LogP contribution >= 0.6 is 11.6 Å². The Hall–Kier alpha value is -3.65. The highest BCUT2D eigenvalue weighted by Gasteiger charge is 2.46. The van der Waals surface area contributed by atoms with Crippen LogP contribution in [0.2, 0.25) is 5.02 Å². The highest BCUT2D eigenvalue weighted by molar-refractivity contribution is 7.92. The Balaban J connectivity index is 1.21. The summed E-state index contributed by atoms with van der Waals surface area (Å²) in [6.45, 7) is 4.75. The van der Waals surface area contributed by atoms with Crippen molar-refractivity contribution in [1.82, 2.24) is 14.5 Å². The normalized spacial score (nSPS) is 32.2. The van der Waals surface area contributed by atoms with Crippen molar-refractivity contribution >= 4 is 39.0 Å². The van der Waals surface area contributed by atoms with Crippen LogP contribution in [0.1, 0.15) is 77.3 Å². The van der Waals surface area contributed by atoms with Gasteiger partial charge < -0.3 is 23.8 Å². The summed E-state index contributed by atoms with van der Waals surface area (Å²) in [6.07, 6.45) is 7.57. The summed E-state index contributed by atoms with van der Waals surface area (Å²) < 4.78 is 47.8. The SMILES string of the molecule is COc1nn(C)cc1C(=O)N[S@@]1(=O)=NC(=O)c2ccc3c(c2)N(C[C@@H]2CC[C@H]2[C@@H](OC)C[C@H]2[C@@H](C)CO[C@@H]2CC1)C[C@@]1(CCCc2cc(Cl)ccc21)CO3. The number of hydrogen-bond donors (Lipinski definition) is 1. The summed E-state index contributed by atoms with van der Waals surface area (Å²) in [5.74, 6) is 0.494. The van der Waals surface area contributed by atoms with Crippen LogP contribution in [0.25, 0.3) is 0 Å². The van der Waals surface area contributed by atoms with E-state index in [2.05, 4.69) is 38.1 Å². The number of benzene rings is 2. The molecule has 54 heavy (non-hydrogen) atoms. The molecule has 0 unspecified atom stereocenters. The second-order valence-electron chi connectivity index (χ2n) is 16.0. The van der Waals surface area contributed by atoms with Crippen molar-refractivity contribution in [3.05, 3.63) is 69.9 Å². The molecule has 5 aliphatic rings. The zero-order valence-corrected chi connectivity index (χ0v) is 33.0. The summed E-state index contributed by atoms with van der Waals surface area (Å²) >= 11 is 6.49. The fraction of sp³-hybridized carbons (Fsp3) is 0.575. The maximum Gasteiger partial charge on any atom is 0.286 e. The monoisotopic (exact) mass is 779 g/mol. The number of amides is 2. The lowest BCUT2D eigenvalue weighted by Gasteiger charge is -2.47. The Morgan fingerprint density at radius 3 is 2.76 bits per heavy atom. The smallest absolute Gasteiger partial charge is 0.286 e. The Morgan fingerprint density at radius 2 is 1.98 bits per heavy atom. The number of nitrogens with zero attached hydrogens (tertiary/aromatic N) is 4. The third kappa shape index (κ3) is 7.01. The molecule has 0 radical (unpaired) electrons. The quantitative estimate of drug-likeness (QED) is 0.339. The second kappa shape index (κ2) is 14.8. The minimum Gasteiger partial charge on any atom is -0.490 e. The molecule has 8 atom stereocenters. The Labute approximate surface area is 322 Å². The highest BCUT2D eigenvalue weighted by atomic mass is 35.5. The van der Waals surface area contributed by atoms with E-state index < -0.39 is 21.7 Å². The van der Waals surface area contributed by atoms with E-state index in [1.807, 2.05) is 25.3 Å². The molecule has 290 valence electrons. The summed E-state index contributed by atoms with van der Waals surface area (Å²) in [5.41, 5.74) is 3.43. The average molecular weight is 780 g/mol. The maximum absolute atomic E-state index is 14.8. The van der Waals surface area contributed by atoms with Gasteiger partial charge in [0, 0.05) is 56.1 Å². The van der Waals surface area contributed by atoms with Crippen molar-refractivity contribution in [2.45, 2.75) is 69.5 Å². The minimum atomic E-state index is -3.65. The number of fused-ring (bicyclic) bond motifs is 5. The topological polar surface area (TPSA) is 134 Å². The Kier molecular flexibility index (Phi) is 10.2. The molecule has 14 heteroatoms. The van der Waals surface area contributed by atoms with E-state index >= 15 is 0 Å². The van der Waals surface area contributed by atoms with Crippen LogP contribution in [-0.4, -0.2) is 84.3 Å². The molecule has 8 rings (SSSR count). The molecular formula is C40H50ClN5O7S. The van der Waals surface area contributed by atoms with E-state index in [0.29, 0.717) is 43.8 Å². The maximum atomic E-state index is 14.8. The number of aromatic nitrogens is 2. The number of carbonyl (C=O) groups excluding carboxylic acids is 2.